The summed E-state index contributed by atoms with van der Waals surface area (Å²) in [5.41, 5.74) is 0. The van der Waals surface area contributed by atoms with Crippen molar-refractivity contribution in [2.45, 2.75) is 52.1 Å². The Morgan fingerprint density at radius 1 is 1.25 bits per heavy atom. The maximum Gasteiger partial charge on any atom is 0.0543 e. The molecule has 12 heavy (non-hydrogen) atoms. The second kappa shape index (κ2) is 8.79. The zero-order chi connectivity index (χ0) is 9.23. The summed E-state index contributed by atoms with van der Waals surface area (Å²) in [5, 5.41) is 0. The van der Waals surface area contributed by atoms with Gasteiger partial charge in [0.25, 0.3) is 0 Å². The molecule has 0 spiro atoms. The minimum Gasteiger partial charge on any atom is -0.382 e. The van der Waals surface area contributed by atoms with Crippen LogP contribution in [-0.4, -0.2) is 13.2 Å². The molecular formula is C11H22O. The molecule has 1 nitrogen and oxygen atoms in total. The molecule has 1 heteroatoms. The van der Waals surface area contributed by atoms with Gasteiger partial charge in [-0.3, -0.25) is 0 Å². The van der Waals surface area contributed by atoms with Crippen molar-refractivity contribution in [1.29, 1.82) is 0 Å². The average molecular weight is 170 g/mol. The lowest BCUT2D eigenvalue weighted by Gasteiger charge is -2.07. The molecule has 0 bridgehead atoms. The largest absolute Gasteiger partial charge is 0.382 e. The summed E-state index contributed by atoms with van der Waals surface area (Å²) in [4.78, 5) is 0. The van der Waals surface area contributed by atoms with Crippen molar-refractivity contribution in [3.8, 4) is 0 Å². The van der Waals surface area contributed by atoms with Crippen molar-refractivity contribution in [2.75, 3.05) is 7.11 Å². The molecule has 0 aromatic carbocycles. The summed E-state index contributed by atoms with van der Waals surface area (Å²) >= 11 is 0. The van der Waals surface area contributed by atoms with E-state index in [1.807, 2.05) is 0 Å². The van der Waals surface area contributed by atoms with Gasteiger partial charge < -0.3 is 4.74 Å². The molecule has 0 aliphatic heterocycles. The van der Waals surface area contributed by atoms with Crippen LogP contribution in [0.5, 0.6) is 0 Å². The Morgan fingerprint density at radius 3 is 2.58 bits per heavy atom. The van der Waals surface area contributed by atoms with Crippen LogP contribution in [0.3, 0.4) is 0 Å². The van der Waals surface area contributed by atoms with Crippen molar-refractivity contribution in [3.63, 3.8) is 0 Å². The van der Waals surface area contributed by atoms with Crippen molar-refractivity contribution < 1.29 is 4.74 Å². The summed E-state index contributed by atoms with van der Waals surface area (Å²) in [6.07, 6.45) is 11.2. The van der Waals surface area contributed by atoms with Gasteiger partial charge in [-0.25, -0.2) is 0 Å². The Balaban J connectivity index is 3.00. The van der Waals surface area contributed by atoms with E-state index in [1.54, 1.807) is 7.11 Å². The first-order valence-corrected chi connectivity index (χ1v) is 4.95. The van der Waals surface area contributed by atoms with E-state index in [0.717, 1.165) is 0 Å². The van der Waals surface area contributed by atoms with E-state index in [-0.39, 0.29) is 0 Å². The van der Waals surface area contributed by atoms with Crippen LogP contribution in [0.2, 0.25) is 0 Å². The number of allylic oxidation sites excluding steroid dienone is 2. The normalized spacial score (nSPS) is 13.9. The smallest absolute Gasteiger partial charge is 0.0543 e. The molecule has 0 amide bonds. The molecule has 0 saturated carbocycles. The Morgan fingerprint density at radius 2 is 2.00 bits per heavy atom. The first-order valence-electron chi connectivity index (χ1n) is 4.95. The molecule has 1 unspecified atom stereocenters. The third-order valence-electron chi connectivity index (χ3n) is 2.12. The van der Waals surface area contributed by atoms with Gasteiger partial charge in [0.1, 0.15) is 0 Å². The summed E-state index contributed by atoms with van der Waals surface area (Å²) < 4.78 is 5.16. The van der Waals surface area contributed by atoms with Gasteiger partial charge in [0, 0.05) is 7.11 Å². The van der Waals surface area contributed by atoms with E-state index in [0.29, 0.717) is 6.10 Å². The maximum absolute atomic E-state index is 5.16. The van der Waals surface area contributed by atoms with Gasteiger partial charge in [0.15, 0.2) is 0 Å². The number of hydrogen-bond acceptors (Lipinski definition) is 1. The van der Waals surface area contributed by atoms with Crippen LogP contribution in [0, 0.1) is 0 Å². The fourth-order valence-corrected chi connectivity index (χ4v) is 1.16. The molecule has 72 valence electrons. The van der Waals surface area contributed by atoms with Gasteiger partial charge in [-0.15, -0.1) is 0 Å². The standard InChI is InChI=1S/C11H22O/c1-4-5-6-7-8-9-10-11(2)12-3/h4-5,11H,6-10H2,1-3H3. The van der Waals surface area contributed by atoms with E-state index in [4.69, 9.17) is 4.74 Å². The van der Waals surface area contributed by atoms with Gasteiger partial charge in [0.2, 0.25) is 0 Å². The molecule has 0 N–H and O–H groups in total. The zero-order valence-corrected chi connectivity index (χ0v) is 8.68. The highest BCUT2D eigenvalue weighted by atomic mass is 16.5. The number of ether oxygens (including phenoxy) is 1. The Labute approximate surface area is 76.8 Å². The van der Waals surface area contributed by atoms with Gasteiger partial charge in [-0.1, -0.05) is 25.0 Å². The minimum absolute atomic E-state index is 0.437. The van der Waals surface area contributed by atoms with Crippen molar-refractivity contribution in [1.82, 2.24) is 0 Å². The van der Waals surface area contributed by atoms with Crippen molar-refractivity contribution in [2.24, 2.45) is 0 Å². The molecule has 1 atom stereocenters. The van der Waals surface area contributed by atoms with Gasteiger partial charge in [0.05, 0.1) is 6.10 Å². The topological polar surface area (TPSA) is 9.23 Å². The van der Waals surface area contributed by atoms with Gasteiger partial charge in [-0.05, 0) is 33.1 Å². The molecule has 0 aliphatic carbocycles. The van der Waals surface area contributed by atoms with E-state index in [2.05, 4.69) is 26.0 Å². The van der Waals surface area contributed by atoms with Gasteiger partial charge in [-0.2, -0.15) is 0 Å². The van der Waals surface area contributed by atoms with Crippen LogP contribution in [-0.2, 0) is 4.74 Å². The predicted octanol–water partition coefficient (Wildman–Crippen LogP) is 3.55. The molecule has 0 rings (SSSR count). The van der Waals surface area contributed by atoms with Crippen LogP contribution in [0.15, 0.2) is 12.2 Å². The molecule has 0 heterocycles. The Kier molecular flexibility index (Phi) is 8.57. The van der Waals surface area contributed by atoms with Crippen LogP contribution < -0.4 is 0 Å². The molecule has 0 saturated heterocycles. The molecule has 0 aliphatic rings. The highest BCUT2D eigenvalue weighted by Crippen LogP contribution is 2.07. The third kappa shape index (κ3) is 7.80. The maximum atomic E-state index is 5.16. The van der Waals surface area contributed by atoms with Crippen LogP contribution in [0.25, 0.3) is 0 Å². The lowest BCUT2D eigenvalue weighted by Crippen LogP contribution is -2.03. The van der Waals surface area contributed by atoms with E-state index in [1.165, 1.54) is 32.1 Å². The summed E-state index contributed by atoms with van der Waals surface area (Å²) in [6.45, 7) is 4.21. The average Bonchev–Trinajstić information content (AvgIpc) is 2.10. The number of rotatable bonds is 7. The number of unbranched alkanes of at least 4 members (excludes halogenated alkanes) is 3. The van der Waals surface area contributed by atoms with Gasteiger partial charge >= 0.3 is 0 Å². The SMILES string of the molecule is CC=CCCCCCC(C)OC. The molecule has 0 radical (unpaired) electrons. The number of hydrogen-bond donors (Lipinski definition) is 0. The van der Waals surface area contributed by atoms with E-state index < -0.39 is 0 Å². The monoisotopic (exact) mass is 170 g/mol. The highest BCUT2D eigenvalue weighted by molar-refractivity contribution is 4.76. The van der Waals surface area contributed by atoms with Crippen molar-refractivity contribution >= 4 is 0 Å². The summed E-state index contributed by atoms with van der Waals surface area (Å²) in [5.74, 6) is 0. The third-order valence-corrected chi connectivity index (χ3v) is 2.12. The molecule has 0 aromatic rings. The Bertz CT molecular complexity index is 108. The minimum atomic E-state index is 0.437. The molecular weight excluding hydrogens is 148 g/mol. The quantitative estimate of drug-likeness (QED) is 0.419. The first kappa shape index (κ1) is 11.7. The lowest BCUT2D eigenvalue weighted by molar-refractivity contribution is 0.108. The Hall–Kier alpha value is -0.300. The lowest BCUT2D eigenvalue weighted by atomic mass is 10.1. The second-order valence-electron chi connectivity index (χ2n) is 3.25. The summed E-state index contributed by atoms with van der Waals surface area (Å²) in [6, 6.07) is 0. The van der Waals surface area contributed by atoms with Crippen molar-refractivity contribution in [3.05, 3.63) is 12.2 Å². The molecule has 0 fully saturated rings. The fraction of sp³-hybridized carbons (Fsp3) is 0.818. The fourth-order valence-electron chi connectivity index (χ4n) is 1.16. The van der Waals surface area contributed by atoms with Crippen LogP contribution in [0.1, 0.15) is 46.0 Å². The first-order chi connectivity index (χ1) is 5.81. The predicted molar refractivity (Wildman–Crippen MR) is 54.4 cm³/mol. The van der Waals surface area contributed by atoms with E-state index in [9.17, 15) is 0 Å². The summed E-state index contributed by atoms with van der Waals surface area (Å²) in [7, 11) is 1.78. The number of methoxy groups -OCH3 is 1. The molecule has 0 aromatic heterocycles. The van der Waals surface area contributed by atoms with Crippen LogP contribution >= 0.6 is 0 Å². The zero-order valence-electron chi connectivity index (χ0n) is 8.68. The van der Waals surface area contributed by atoms with E-state index >= 15 is 0 Å². The second-order valence-corrected chi connectivity index (χ2v) is 3.25. The highest BCUT2D eigenvalue weighted by Gasteiger charge is 1.97. The van der Waals surface area contributed by atoms with Crippen LogP contribution in [0.4, 0.5) is 0 Å².